The number of pyridine rings is 1. The largest absolute Gasteiger partial charge is 0.535 e. The summed E-state index contributed by atoms with van der Waals surface area (Å²) >= 11 is 0. The maximum absolute atomic E-state index is 9.66. The van der Waals surface area contributed by atoms with Gasteiger partial charge in [-0.05, 0) is 63.9 Å². The SMILES string of the molecule is C=C(c1c(OB(C)O)cnc2[nH]ccc12)C1CCC(OC(C)C)CC1. The zero-order valence-corrected chi connectivity index (χ0v) is 15.3. The van der Waals surface area contributed by atoms with Gasteiger partial charge in [-0.3, -0.25) is 0 Å². The van der Waals surface area contributed by atoms with E-state index >= 15 is 0 Å². The van der Waals surface area contributed by atoms with Crippen LogP contribution in [-0.4, -0.2) is 34.3 Å². The number of hydrogen-bond donors (Lipinski definition) is 2. The van der Waals surface area contributed by atoms with Crippen LogP contribution in [-0.2, 0) is 4.74 Å². The van der Waals surface area contributed by atoms with Crippen molar-refractivity contribution in [1.82, 2.24) is 9.97 Å². The summed E-state index contributed by atoms with van der Waals surface area (Å²) in [5.74, 6) is 0.983. The van der Waals surface area contributed by atoms with Crippen LogP contribution in [0.4, 0.5) is 0 Å². The predicted molar refractivity (Wildman–Crippen MR) is 102 cm³/mol. The van der Waals surface area contributed by atoms with Gasteiger partial charge in [0.25, 0.3) is 0 Å². The number of aromatic nitrogens is 2. The molecule has 0 bridgehead atoms. The third-order valence-corrected chi connectivity index (χ3v) is 4.80. The molecule has 0 atom stereocenters. The van der Waals surface area contributed by atoms with Crippen molar-refractivity contribution in [2.75, 3.05) is 0 Å². The molecule has 1 aliphatic rings. The van der Waals surface area contributed by atoms with E-state index in [9.17, 15) is 5.02 Å². The van der Waals surface area contributed by atoms with Crippen LogP contribution in [0.2, 0.25) is 6.82 Å². The van der Waals surface area contributed by atoms with Crippen LogP contribution in [0.25, 0.3) is 16.6 Å². The molecule has 1 aliphatic carbocycles. The van der Waals surface area contributed by atoms with Crippen molar-refractivity contribution < 1.29 is 14.4 Å². The maximum atomic E-state index is 9.66. The summed E-state index contributed by atoms with van der Waals surface area (Å²) in [7, 11) is -0.889. The van der Waals surface area contributed by atoms with Crippen LogP contribution < -0.4 is 4.65 Å². The standard InChI is InChI=1S/C19H27BN2O3/c1-12(2)24-15-7-5-14(6-8-15)13(3)18-16-9-10-21-19(16)22-11-17(18)25-20(4)23/h9-12,14-15,23H,3,5-8H2,1-2,4H3,(H,21,22). The van der Waals surface area contributed by atoms with Gasteiger partial charge in [-0.2, -0.15) is 0 Å². The third kappa shape index (κ3) is 4.07. The van der Waals surface area contributed by atoms with Gasteiger partial charge in [-0.1, -0.05) is 6.58 Å². The van der Waals surface area contributed by atoms with Gasteiger partial charge in [-0.15, -0.1) is 0 Å². The van der Waals surface area contributed by atoms with E-state index in [2.05, 4.69) is 30.4 Å². The van der Waals surface area contributed by atoms with Crippen LogP contribution >= 0.6 is 0 Å². The number of rotatable bonds is 6. The number of allylic oxidation sites excluding steroid dienone is 1. The quantitative estimate of drug-likeness (QED) is 0.777. The first-order chi connectivity index (χ1) is 12.0. The first-order valence-corrected chi connectivity index (χ1v) is 9.11. The predicted octanol–water partition coefficient (Wildman–Crippen LogP) is 4.05. The molecule has 0 radical (unpaired) electrons. The highest BCUT2D eigenvalue weighted by Crippen LogP contribution is 2.41. The number of nitrogens with one attached hydrogen (secondary N) is 1. The highest BCUT2D eigenvalue weighted by atomic mass is 16.5. The van der Waals surface area contributed by atoms with Crippen molar-refractivity contribution in [2.24, 2.45) is 5.92 Å². The van der Waals surface area contributed by atoms with Crippen molar-refractivity contribution in [3.05, 3.63) is 30.6 Å². The lowest BCUT2D eigenvalue weighted by Gasteiger charge is -2.31. The van der Waals surface area contributed by atoms with E-state index in [0.717, 1.165) is 47.9 Å². The first kappa shape index (κ1) is 18.0. The van der Waals surface area contributed by atoms with Crippen molar-refractivity contribution in [1.29, 1.82) is 0 Å². The van der Waals surface area contributed by atoms with Crippen LogP contribution in [0.15, 0.2) is 25.0 Å². The van der Waals surface area contributed by atoms with Gasteiger partial charge in [0, 0.05) is 17.1 Å². The molecular weight excluding hydrogens is 315 g/mol. The minimum Gasteiger partial charge on any atom is -0.535 e. The highest BCUT2D eigenvalue weighted by molar-refractivity contribution is 6.41. The van der Waals surface area contributed by atoms with E-state index in [-0.39, 0.29) is 6.10 Å². The lowest BCUT2D eigenvalue weighted by molar-refractivity contribution is -0.0159. The summed E-state index contributed by atoms with van der Waals surface area (Å²) in [5.41, 5.74) is 2.83. The van der Waals surface area contributed by atoms with E-state index in [1.165, 1.54) is 0 Å². The van der Waals surface area contributed by atoms with Gasteiger partial charge in [0.05, 0.1) is 18.4 Å². The van der Waals surface area contributed by atoms with Crippen LogP contribution in [0.3, 0.4) is 0 Å². The minimum absolute atomic E-state index is 0.274. The summed E-state index contributed by atoms with van der Waals surface area (Å²) in [6.45, 7) is 10.2. The number of ether oxygens (including phenoxy) is 1. The molecule has 6 heteroatoms. The fraction of sp³-hybridized carbons (Fsp3) is 0.526. The lowest BCUT2D eigenvalue weighted by Crippen LogP contribution is -2.25. The van der Waals surface area contributed by atoms with Gasteiger partial charge >= 0.3 is 7.12 Å². The van der Waals surface area contributed by atoms with E-state index in [1.54, 1.807) is 13.0 Å². The average Bonchev–Trinajstić information content (AvgIpc) is 3.02. The highest BCUT2D eigenvalue weighted by Gasteiger charge is 2.27. The van der Waals surface area contributed by atoms with E-state index < -0.39 is 7.12 Å². The number of hydrogen-bond acceptors (Lipinski definition) is 4. The zero-order chi connectivity index (χ0) is 18.0. The number of H-pyrrole nitrogens is 1. The van der Waals surface area contributed by atoms with Crippen molar-refractivity contribution >= 4 is 23.7 Å². The first-order valence-electron chi connectivity index (χ1n) is 9.11. The number of nitrogens with zero attached hydrogens (tertiary/aromatic N) is 1. The average molecular weight is 342 g/mol. The van der Waals surface area contributed by atoms with Gasteiger partial charge in [-0.25, -0.2) is 4.98 Å². The maximum Gasteiger partial charge on any atom is 0.519 e. The van der Waals surface area contributed by atoms with Crippen LogP contribution in [0.5, 0.6) is 5.75 Å². The smallest absolute Gasteiger partial charge is 0.519 e. The van der Waals surface area contributed by atoms with Gasteiger partial charge < -0.3 is 19.4 Å². The Morgan fingerprint density at radius 2 is 2.08 bits per heavy atom. The summed E-state index contributed by atoms with van der Waals surface area (Å²) in [5, 5.41) is 10.6. The summed E-state index contributed by atoms with van der Waals surface area (Å²) < 4.78 is 11.6. The minimum atomic E-state index is -0.889. The molecule has 2 aromatic heterocycles. The van der Waals surface area contributed by atoms with Crippen molar-refractivity contribution in [3.8, 4) is 5.75 Å². The van der Waals surface area contributed by atoms with Crippen molar-refractivity contribution in [2.45, 2.75) is 58.6 Å². The monoisotopic (exact) mass is 342 g/mol. The molecule has 1 saturated carbocycles. The number of aromatic amines is 1. The molecule has 0 aromatic carbocycles. The second-order valence-electron chi connectivity index (χ2n) is 7.14. The van der Waals surface area contributed by atoms with E-state index in [0.29, 0.717) is 17.8 Å². The molecule has 2 aromatic rings. The molecule has 0 amide bonds. The molecule has 2 heterocycles. The Balaban J connectivity index is 1.83. The van der Waals surface area contributed by atoms with Gasteiger partial charge in [0.2, 0.25) is 0 Å². The number of fused-ring (bicyclic) bond motifs is 1. The molecule has 0 saturated heterocycles. The Morgan fingerprint density at radius 3 is 2.72 bits per heavy atom. The lowest BCUT2D eigenvalue weighted by atomic mass is 9.79. The molecule has 3 rings (SSSR count). The molecule has 0 spiro atoms. The third-order valence-electron chi connectivity index (χ3n) is 4.80. The molecule has 2 N–H and O–H groups in total. The van der Waals surface area contributed by atoms with Gasteiger partial charge in [0.1, 0.15) is 11.4 Å². The Morgan fingerprint density at radius 1 is 1.36 bits per heavy atom. The van der Waals surface area contributed by atoms with Gasteiger partial charge in [0.15, 0.2) is 0 Å². The van der Waals surface area contributed by atoms with E-state index in [4.69, 9.17) is 9.39 Å². The fourth-order valence-electron chi connectivity index (χ4n) is 3.73. The molecule has 25 heavy (non-hydrogen) atoms. The Labute approximate surface area is 149 Å². The Hall–Kier alpha value is -1.79. The fourth-order valence-corrected chi connectivity index (χ4v) is 3.73. The Kier molecular flexibility index (Phi) is 5.49. The second-order valence-corrected chi connectivity index (χ2v) is 7.14. The molecule has 134 valence electrons. The molecular formula is C19H27BN2O3. The van der Waals surface area contributed by atoms with Crippen molar-refractivity contribution in [3.63, 3.8) is 0 Å². The normalized spacial score (nSPS) is 20.8. The topological polar surface area (TPSA) is 67.4 Å². The van der Waals surface area contributed by atoms with E-state index in [1.807, 2.05) is 12.3 Å². The molecule has 5 nitrogen and oxygen atoms in total. The molecule has 1 fully saturated rings. The molecule has 0 unspecified atom stereocenters. The Bertz CT molecular complexity index is 733. The zero-order valence-electron chi connectivity index (χ0n) is 15.3. The second kappa shape index (κ2) is 7.62. The van der Waals surface area contributed by atoms with Crippen LogP contribution in [0.1, 0.15) is 45.1 Å². The molecule has 0 aliphatic heterocycles. The summed E-state index contributed by atoms with van der Waals surface area (Å²) in [6.07, 6.45) is 8.37. The van der Waals surface area contributed by atoms with Crippen LogP contribution in [0, 0.1) is 5.92 Å². The summed E-state index contributed by atoms with van der Waals surface area (Å²) in [6, 6.07) is 1.99. The summed E-state index contributed by atoms with van der Waals surface area (Å²) in [4.78, 5) is 7.51.